The molecule has 3 aromatic rings. The number of anilines is 1. The van der Waals surface area contributed by atoms with Crippen molar-refractivity contribution in [3.05, 3.63) is 77.2 Å². The van der Waals surface area contributed by atoms with E-state index in [-0.39, 0.29) is 17.4 Å². The van der Waals surface area contributed by atoms with Gasteiger partial charge in [0.15, 0.2) is 0 Å². The number of hydrogen-bond donors (Lipinski definition) is 1. The van der Waals surface area contributed by atoms with Crippen LogP contribution < -0.4 is 10.2 Å². The second-order valence-corrected chi connectivity index (χ2v) is 7.16. The van der Waals surface area contributed by atoms with Gasteiger partial charge in [-0.2, -0.15) is 0 Å². The van der Waals surface area contributed by atoms with Gasteiger partial charge in [-0.25, -0.2) is 4.79 Å². The van der Waals surface area contributed by atoms with Gasteiger partial charge in [0.1, 0.15) is 0 Å². The maximum atomic E-state index is 12.5. The molecule has 0 atom stereocenters. The van der Waals surface area contributed by atoms with Gasteiger partial charge in [-0.1, -0.05) is 12.1 Å². The number of hydrogen-bond acceptors (Lipinski definition) is 6. The number of ether oxygens (including phenoxy) is 1. The third-order valence-corrected chi connectivity index (χ3v) is 5.11. The van der Waals surface area contributed by atoms with Crippen LogP contribution in [-0.2, 0) is 16.1 Å². The number of esters is 1. The number of nitrogens with zero attached hydrogens (tertiary/aromatic N) is 3. The van der Waals surface area contributed by atoms with Crippen LogP contribution >= 0.6 is 0 Å². The second-order valence-electron chi connectivity index (χ2n) is 7.16. The van der Waals surface area contributed by atoms with Gasteiger partial charge >= 0.3 is 5.97 Å². The number of rotatable bonds is 6. The SMILES string of the molecule is COC(=O)c1cc(-c2ccc(C(=O)NCc3cccnc3C)cn2)ccc1N(C)C(C)=O. The molecular formula is C24H24N4O4. The normalized spacial score (nSPS) is 10.4. The molecule has 0 radical (unpaired) electrons. The van der Waals surface area contributed by atoms with Crippen LogP contribution in [0.3, 0.4) is 0 Å². The highest BCUT2D eigenvalue weighted by molar-refractivity contribution is 6.02. The average molecular weight is 432 g/mol. The van der Waals surface area contributed by atoms with Gasteiger partial charge in [-0.05, 0) is 42.8 Å². The molecule has 2 amide bonds. The minimum atomic E-state index is -0.559. The minimum Gasteiger partial charge on any atom is -0.465 e. The zero-order chi connectivity index (χ0) is 23.3. The average Bonchev–Trinajstić information content (AvgIpc) is 2.82. The van der Waals surface area contributed by atoms with E-state index in [1.165, 1.54) is 25.1 Å². The van der Waals surface area contributed by atoms with Crippen LogP contribution in [-0.4, -0.2) is 41.9 Å². The van der Waals surface area contributed by atoms with Crippen LogP contribution in [0.15, 0.2) is 54.9 Å². The Morgan fingerprint density at radius 3 is 2.50 bits per heavy atom. The molecule has 2 aromatic heterocycles. The first-order valence-electron chi connectivity index (χ1n) is 9.93. The van der Waals surface area contributed by atoms with Gasteiger partial charge in [0, 0.05) is 44.2 Å². The van der Waals surface area contributed by atoms with Crippen molar-refractivity contribution in [2.75, 3.05) is 19.1 Å². The first-order chi connectivity index (χ1) is 15.3. The lowest BCUT2D eigenvalue weighted by Crippen LogP contribution is -2.25. The summed E-state index contributed by atoms with van der Waals surface area (Å²) in [5, 5.41) is 2.86. The first kappa shape index (κ1) is 22.6. The van der Waals surface area contributed by atoms with Crippen LogP contribution in [0, 0.1) is 6.92 Å². The van der Waals surface area contributed by atoms with Gasteiger partial charge in [0.25, 0.3) is 5.91 Å². The fourth-order valence-corrected chi connectivity index (χ4v) is 3.11. The van der Waals surface area contributed by atoms with E-state index >= 15 is 0 Å². The predicted molar refractivity (Wildman–Crippen MR) is 120 cm³/mol. The van der Waals surface area contributed by atoms with Crippen LogP contribution in [0.25, 0.3) is 11.3 Å². The Hall–Kier alpha value is -4.07. The summed E-state index contributed by atoms with van der Waals surface area (Å²) in [4.78, 5) is 46.4. The predicted octanol–water partition coefficient (Wildman–Crippen LogP) is 3.15. The number of aromatic nitrogens is 2. The van der Waals surface area contributed by atoms with Crippen LogP contribution in [0.1, 0.15) is 38.9 Å². The lowest BCUT2D eigenvalue weighted by molar-refractivity contribution is -0.116. The van der Waals surface area contributed by atoms with Gasteiger partial charge in [0.05, 0.1) is 29.6 Å². The number of aryl methyl sites for hydroxylation is 1. The molecule has 0 spiro atoms. The fraction of sp³-hybridized carbons (Fsp3) is 0.208. The van der Waals surface area contributed by atoms with E-state index in [1.807, 2.05) is 19.1 Å². The van der Waals surface area contributed by atoms with Gasteiger partial charge in [-0.3, -0.25) is 19.6 Å². The molecule has 8 nitrogen and oxygen atoms in total. The molecule has 2 heterocycles. The summed E-state index contributed by atoms with van der Waals surface area (Å²) in [6, 6.07) is 12.2. The Labute approximate surface area is 186 Å². The lowest BCUT2D eigenvalue weighted by atomic mass is 10.0. The third-order valence-electron chi connectivity index (χ3n) is 5.11. The van der Waals surface area contributed by atoms with E-state index in [0.717, 1.165) is 11.3 Å². The molecule has 0 saturated heterocycles. The Morgan fingerprint density at radius 1 is 1.09 bits per heavy atom. The highest BCUT2D eigenvalue weighted by atomic mass is 16.5. The zero-order valence-corrected chi connectivity index (χ0v) is 18.4. The van der Waals surface area contributed by atoms with Gasteiger partial charge in [0.2, 0.25) is 5.91 Å². The maximum absolute atomic E-state index is 12.5. The summed E-state index contributed by atoms with van der Waals surface area (Å²) in [6.07, 6.45) is 3.19. The van der Waals surface area contributed by atoms with E-state index in [4.69, 9.17) is 4.74 Å². The van der Waals surface area contributed by atoms with E-state index < -0.39 is 5.97 Å². The molecule has 0 saturated carbocycles. The molecule has 0 bridgehead atoms. The largest absolute Gasteiger partial charge is 0.465 e. The standard InChI is InChI=1S/C24H24N4O4/c1-15-18(6-5-11-25-15)13-27-23(30)19-7-9-21(26-14-19)17-8-10-22(28(3)16(2)29)20(12-17)24(31)32-4/h5-12,14H,13H2,1-4H3,(H,27,30). The highest BCUT2D eigenvalue weighted by Crippen LogP contribution is 2.27. The number of benzene rings is 1. The molecule has 32 heavy (non-hydrogen) atoms. The molecule has 0 aliphatic carbocycles. The second kappa shape index (κ2) is 9.82. The minimum absolute atomic E-state index is 0.210. The first-order valence-corrected chi connectivity index (χ1v) is 9.93. The van der Waals surface area contributed by atoms with Crippen molar-refractivity contribution >= 4 is 23.5 Å². The number of pyridine rings is 2. The molecule has 164 valence electrons. The summed E-state index contributed by atoms with van der Waals surface area (Å²) in [5.74, 6) is -1.02. The number of carbonyl (C=O) groups excluding carboxylic acids is 3. The molecule has 0 fully saturated rings. The summed E-state index contributed by atoms with van der Waals surface area (Å²) in [5.41, 5.74) is 4.14. The summed E-state index contributed by atoms with van der Waals surface area (Å²) < 4.78 is 4.87. The number of carbonyl (C=O) groups is 3. The fourth-order valence-electron chi connectivity index (χ4n) is 3.11. The van der Waals surface area contributed by atoms with Crippen molar-refractivity contribution in [1.82, 2.24) is 15.3 Å². The summed E-state index contributed by atoms with van der Waals surface area (Å²) in [6.45, 7) is 3.67. The van der Waals surface area contributed by atoms with Crippen molar-refractivity contribution in [2.45, 2.75) is 20.4 Å². The molecule has 0 aliphatic heterocycles. The van der Waals surface area contributed by atoms with Gasteiger partial charge < -0.3 is 15.0 Å². The zero-order valence-electron chi connectivity index (χ0n) is 18.4. The van der Waals surface area contributed by atoms with E-state index in [9.17, 15) is 14.4 Å². The van der Waals surface area contributed by atoms with Crippen molar-refractivity contribution in [1.29, 1.82) is 0 Å². The molecule has 3 rings (SSSR count). The quantitative estimate of drug-likeness (QED) is 0.601. The number of amides is 2. The number of methoxy groups -OCH3 is 1. The molecular weight excluding hydrogens is 408 g/mol. The van der Waals surface area contributed by atoms with Gasteiger partial charge in [-0.15, -0.1) is 0 Å². The Balaban J connectivity index is 1.80. The smallest absolute Gasteiger partial charge is 0.340 e. The topological polar surface area (TPSA) is 101 Å². The van der Waals surface area contributed by atoms with Crippen LogP contribution in [0.2, 0.25) is 0 Å². The monoisotopic (exact) mass is 432 g/mol. The molecule has 8 heteroatoms. The van der Waals surface area contributed by atoms with Crippen LogP contribution in [0.4, 0.5) is 5.69 Å². The lowest BCUT2D eigenvalue weighted by Gasteiger charge is -2.19. The van der Waals surface area contributed by atoms with E-state index in [0.29, 0.717) is 29.1 Å². The third kappa shape index (κ3) is 4.97. The van der Waals surface area contributed by atoms with Crippen molar-refractivity contribution in [3.63, 3.8) is 0 Å². The van der Waals surface area contributed by atoms with Crippen LogP contribution in [0.5, 0.6) is 0 Å². The van der Waals surface area contributed by atoms with E-state index in [2.05, 4.69) is 15.3 Å². The summed E-state index contributed by atoms with van der Waals surface area (Å²) in [7, 11) is 2.87. The Morgan fingerprint density at radius 2 is 1.88 bits per heavy atom. The Kier molecular flexibility index (Phi) is 6.94. The van der Waals surface area contributed by atoms with Crippen molar-refractivity contribution in [2.24, 2.45) is 0 Å². The highest BCUT2D eigenvalue weighted by Gasteiger charge is 2.19. The van der Waals surface area contributed by atoms with E-state index in [1.54, 1.807) is 43.6 Å². The molecule has 0 aliphatic rings. The summed E-state index contributed by atoms with van der Waals surface area (Å²) >= 11 is 0. The molecule has 1 aromatic carbocycles. The van der Waals surface area contributed by atoms with Crippen molar-refractivity contribution < 1.29 is 19.1 Å². The van der Waals surface area contributed by atoms with Crippen molar-refractivity contribution in [3.8, 4) is 11.3 Å². The molecule has 1 N–H and O–H groups in total. The maximum Gasteiger partial charge on any atom is 0.340 e. The number of nitrogens with one attached hydrogen (secondary N) is 1. The Bertz CT molecular complexity index is 1160. The molecule has 0 unspecified atom stereocenters.